The quantitative estimate of drug-likeness (QED) is 0.799. The summed E-state index contributed by atoms with van der Waals surface area (Å²) < 4.78 is 31.2. The summed E-state index contributed by atoms with van der Waals surface area (Å²) in [5, 5.41) is 3.22. The van der Waals surface area contributed by atoms with E-state index in [1.54, 1.807) is 38.4 Å². The van der Waals surface area contributed by atoms with Crippen molar-refractivity contribution in [1.29, 1.82) is 0 Å². The van der Waals surface area contributed by atoms with Gasteiger partial charge in [-0.3, -0.25) is 0 Å². The molecule has 0 aromatic heterocycles. The van der Waals surface area contributed by atoms with E-state index in [1.807, 2.05) is 6.92 Å². The van der Waals surface area contributed by atoms with Crippen molar-refractivity contribution in [3.8, 4) is 0 Å². The van der Waals surface area contributed by atoms with Crippen molar-refractivity contribution in [2.45, 2.75) is 31.2 Å². The molecule has 1 rings (SSSR count). The lowest BCUT2D eigenvalue weighted by atomic mass is 10.3. The van der Waals surface area contributed by atoms with Gasteiger partial charge in [0.15, 0.2) is 0 Å². The number of rotatable bonds is 8. The average Bonchev–Trinajstić information content (AvgIpc) is 2.45. The van der Waals surface area contributed by atoms with Crippen molar-refractivity contribution < 1.29 is 13.2 Å². The molecule has 6 heteroatoms. The molecule has 0 saturated heterocycles. The molecule has 0 amide bonds. The average molecular weight is 300 g/mol. The van der Waals surface area contributed by atoms with Gasteiger partial charge in [-0.15, -0.1) is 0 Å². The minimum atomic E-state index is -3.47. The summed E-state index contributed by atoms with van der Waals surface area (Å²) in [5.74, 6) is 0. The normalized spacial score (nSPS) is 13.4. The molecule has 1 aromatic carbocycles. The fourth-order valence-electron chi connectivity index (χ4n) is 1.76. The molecule has 0 bridgehead atoms. The van der Waals surface area contributed by atoms with Crippen LogP contribution in [0.1, 0.15) is 20.3 Å². The van der Waals surface area contributed by atoms with Crippen LogP contribution in [-0.2, 0) is 14.8 Å². The van der Waals surface area contributed by atoms with E-state index in [4.69, 9.17) is 4.74 Å². The molecule has 0 aliphatic heterocycles. The van der Waals surface area contributed by atoms with Crippen LogP contribution in [0.2, 0.25) is 0 Å². The Morgan fingerprint density at radius 2 is 1.90 bits per heavy atom. The predicted molar refractivity (Wildman–Crippen MR) is 81.5 cm³/mol. The molecule has 0 spiro atoms. The van der Waals surface area contributed by atoms with Gasteiger partial charge in [-0.05, 0) is 37.6 Å². The second-order valence-corrected chi connectivity index (χ2v) is 6.77. The van der Waals surface area contributed by atoms with Gasteiger partial charge < -0.3 is 10.1 Å². The Morgan fingerprint density at radius 3 is 2.40 bits per heavy atom. The van der Waals surface area contributed by atoms with E-state index < -0.39 is 10.0 Å². The number of ether oxygens (including phenoxy) is 1. The summed E-state index contributed by atoms with van der Waals surface area (Å²) in [6.45, 7) is 5.14. The Balaban J connectivity index is 2.87. The zero-order valence-corrected chi connectivity index (χ0v) is 13.4. The smallest absolute Gasteiger partial charge is 0.243 e. The molecular weight excluding hydrogens is 276 g/mol. The molecule has 0 aliphatic rings. The highest BCUT2D eigenvalue weighted by molar-refractivity contribution is 7.89. The van der Waals surface area contributed by atoms with Gasteiger partial charge in [0.25, 0.3) is 0 Å². The minimum absolute atomic E-state index is 0.206. The number of sulfonamides is 1. The number of hydrogen-bond donors (Lipinski definition) is 1. The molecule has 0 heterocycles. The molecule has 1 N–H and O–H groups in total. The van der Waals surface area contributed by atoms with E-state index in [0.29, 0.717) is 11.5 Å². The number of methoxy groups -OCH3 is 1. The van der Waals surface area contributed by atoms with Crippen LogP contribution in [0, 0.1) is 0 Å². The van der Waals surface area contributed by atoms with Crippen LogP contribution < -0.4 is 5.32 Å². The van der Waals surface area contributed by atoms with Crippen molar-refractivity contribution in [1.82, 2.24) is 4.31 Å². The molecule has 1 unspecified atom stereocenters. The summed E-state index contributed by atoms with van der Waals surface area (Å²) in [5.41, 5.74) is 0.929. The summed E-state index contributed by atoms with van der Waals surface area (Å²) in [6, 6.07) is 6.63. The van der Waals surface area contributed by atoms with Gasteiger partial charge in [-0.2, -0.15) is 4.31 Å². The SMILES string of the molecule is CCCNc1ccc(S(=O)(=O)N(C)C(C)COC)cc1. The number of benzene rings is 1. The van der Waals surface area contributed by atoms with Gasteiger partial charge in [0.2, 0.25) is 10.0 Å². The van der Waals surface area contributed by atoms with Crippen LogP contribution in [0.25, 0.3) is 0 Å². The summed E-state index contributed by atoms with van der Waals surface area (Å²) in [4.78, 5) is 0.296. The molecule has 1 aromatic rings. The third-order valence-electron chi connectivity index (χ3n) is 3.14. The van der Waals surface area contributed by atoms with Gasteiger partial charge >= 0.3 is 0 Å². The second-order valence-electron chi connectivity index (χ2n) is 4.78. The van der Waals surface area contributed by atoms with E-state index in [0.717, 1.165) is 18.7 Å². The van der Waals surface area contributed by atoms with Crippen LogP contribution >= 0.6 is 0 Å². The van der Waals surface area contributed by atoms with Gasteiger partial charge in [0.1, 0.15) is 0 Å². The molecule has 0 saturated carbocycles. The van der Waals surface area contributed by atoms with Crippen molar-refractivity contribution in [2.24, 2.45) is 0 Å². The van der Waals surface area contributed by atoms with Crippen molar-refractivity contribution in [2.75, 3.05) is 32.6 Å². The van der Waals surface area contributed by atoms with Crippen LogP contribution in [0.3, 0.4) is 0 Å². The Bertz CT molecular complexity index is 500. The fourth-order valence-corrected chi connectivity index (χ4v) is 3.11. The summed E-state index contributed by atoms with van der Waals surface area (Å²) in [7, 11) is -0.340. The highest BCUT2D eigenvalue weighted by Gasteiger charge is 2.25. The zero-order valence-electron chi connectivity index (χ0n) is 12.6. The third-order valence-corrected chi connectivity index (χ3v) is 5.13. The second kappa shape index (κ2) is 7.61. The van der Waals surface area contributed by atoms with Crippen LogP contribution in [-0.4, -0.2) is 46.1 Å². The molecule has 114 valence electrons. The molecule has 0 fully saturated rings. The lowest BCUT2D eigenvalue weighted by Gasteiger charge is -2.23. The maximum atomic E-state index is 12.4. The number of nitrogens with one attached hydrogen (secondary N) is 1. The summed E-state index contributed by atoms with van der Waals surface area (Å²) >= 11 is 0. The Labute approximate surface area is 122 Å². The van der Waals surface area contributed by atoms with Crippen molar-refractivity contribution >= 4 is 15.7 Å². The van der Waals surface area contributed by atoms with E-state index in [-0.39, 0.29) is 6.04 Å². The first-order valence-electron chi connectivity index (χ1n) is 6.74. The monoisotopic (exact) mass is 300 g/mol. The van der Waals surface area contributed by atoms with Gasteiger partial charge in [-0.1, -0.05) is 6.92 Å². The topological polar surface area (TPSA) is 58.6 Å². The molecule has 0 aliphatic carbocycles. The van der Waals surface area contributed by atoms with E-state index >= 15 is 0 Å². The molecule has 20 heavy (non-hydrogen) atoms. The van der Waals surface area contributed by atoms with Gasteiger partial charge in [0.05, 0.1) is 11.5 Å². The highest BCUT2D eigenvalue weighted by Crippen LogP contribution is 2.19. The Kier molecular flexibility index (Phi) is 6.45. The molecule has 0 radical (unpaired) electrons. The number of hydrogen-bond acceptors (Lipinski definition) is 4. The lowest BCUT2D eigenvalue weighted by molar-refractivity contribution is 0.149. The third kappa shape index (κ3) is 4.19. The maximum absolute atomic E-state index is 12.4. The molecule has 1 atom stereocenters. The van der Waals surface area contributed by atoms with Crippen LogP contribution in [0.4, 0.5) is 5.69 Å². The Morgan fingerprint density at radius 1 is 1.30 bits per heavy atom. The molecule has 5 nitrogen and oxygen atoms in total. The maximum Gasteiger partial charge on any atom is 0.243 e. The van der Waals surface area contributed by atoms with Crippen LogP contribution in [0.5, 0.6) is 0 Å². The zero-order chi connectivity index (χ0) is 15.2. The Hall–Kier alpha value is -1.11. The standard InChI is InChI=1S/C14H24N2O3S/c1-5-10-15-13-6-8-14(9-7-13)20(17,18)16(3)12(2)11-19-4/h6-9,12,15H,5,10-11H2,1-4H3. The van der Waals surface area contributed by atoms with Gasteiger partial charge in [0, 0.05) is 32.4 Å². The fraction of sp³-hybridized carbons (Fsp3) is 0.571. The van der Waals surface area contributed by atoms with Gasteiger partial charge in [-0.25, -0.2) is 8.42 Å². The predicted octanol–water partition coefficient (Wildman–Crippen LogP) is 2.16. The van der Waals surface area contributed by atoms with Crippen LogP contribution in [0.15, 0.2) is 29.2 Å². The first-order valence-corrected chi connectivity index (χ1v) is 8.18. The number of nitrogens with zero attached hydrogens (tertiary/aromatic N) is 1. The first-order chi connectivity index (χ1) is 9.43. The van der Waals surface area contributed by atoms with E-state index in [1.165, 1.54) is 4.31 Å². The minimum Gasteiger partial charge on any atom is -0.385 e. The lowest BCUT2D eigenvalue weighted by Crippen LogP contribution is -2.37. The highest BCUT2D eigenvalue weighted by atomic mass is 32.2. The number of likely N-dealkylation sites (N-methyl/N-ethyl adjacent to an activating group) is 1. The first kappa shape index (κ1) is 16.9. The van der Waals surface area contributed by atoms with E-state index in [2.05, 4.69) is 12.2 Å². The van der Waals surface area contributed by atoms with Crippen molar-refractivity contribution in [3.05, 3.63) is 24.3 Å². The summed E-state index contributed by atoms with van der Waals surface area (Å²) in [6.07, 6.45) is 1.03. The largest absolute Gasteiger partial charge is 0.385 e. The molecular formula is C14H24N2O3S. The number of anilines is 1. The van der Waals surface area contributed by atoms with Crippen molar-refractivity contribution in [3.63, 3.8) is 0 Å². The van der Waals surface area contributed by atoms with E-state index in [9.17, 15) is 8.42 Å².